The van der Waals surface area contributed by atoms with E-state index < -0.39 is 0 Å². The SMILES string of the molecule is Cc1ccc2[nH]c(CSCC(=O)Nc3cccc(Cl)c3C)cc(=O)c2c1. The summed E-state index contributed by atoms with van der Waals surface area (Å²) in [6.45, 7) is 3.83. The third-order valence-electron chi connectivity index (χ3n) is 4.07. The average Bonchev–Trinajstić information content (AvgIpc) is 2.60. The smallest absolute Gasteiger partial charge is 0.234 e. The lowest BCUT2D eigenvalue weighted by atomic mass is 10.1. The van der Waals surface area contributed by atoms with E-state index in [1.54, 1.807) is 18.2 Å². The van der Waals surface area contributed by atoms with Gasteiger partial charge in [0.15, 0.2) is 5.43 Å². The predicted molar refractivity (Wildman–Crippen MR) is 110 cm³/mol. The molecule has 4 nitrogen and oxygen atoms in total. The Morgan fingerprint density at radius 3 is 2.81 bits per heavy atom. The summed E-state index contributed by atoms with van der Waals surface area (Å²) < 4.78 is 0. The Morgan fingerprint density at radius 2 is 2.00 bits per heavy atom. The Hall–Kier alpha value is -2.24. The quantitative estimate of drug-likeness (QED) is 0.669. The van der Waals surface area contributed by atoms with Crippen molar-refractivity contribution in [3.05, 3.63) is 74.5 Å². The molecule has 0 saturated heterocycles. The molecule has 0 aliphatic carbocycles. The molecule has 2 aromatic carbocycles. The molecule has 1 aromatic heterocycles. The number of carbonyl (C=O) groups excluding carboxylic acids is 1. The molecule has 1 amide bonds. The molecular weight excluding hydrogens is 368 g/mol. The van der Waals surface area contributed by atoms with Gasteiger partial charge in [0.05, 0.1) is 5.75 Å². The number of amides is 1. The first-order valence-electron chi connectivity index (χ1n) is 8.19. The van der Waals surface area contributed by atoms with Gasteiger partial charge >= 0.3 is 0 Å². The zero-order chi connectivity index (χ0) is 18.7. The maximum Gasteiger partial charge on any atom is 0.234 e. The van der Waals surface area contributed by atoms with Crippen molar-refractivity contribution < 1.29 is 4.79 Å². The van der Waals surface area contributed by atoms with E-state index in [0.717, 1.165) is 28.0 Å². The van der Waals surface area contributed by atoms with Crippen LogP contribution >= 0.6 is 23.4 Å². The minimum atomic E-state index is -0.0980. The number of aromatic amines is 1. The zero-order valence-electron chi connectivity index (χ0n) is 14.6. The molecule has 0 bridgehead atoms. The summed E-state index contributed by atoms with van der Waals surface area (Å²) in [5.74, 6) is 0.750. The molecular formula is C20H19ClN2O2S. The summed E-state index contributed by atoms with van der Waals surface area (Å²) in [4.78, 5) is 27.6. The van der Waals surface area contributed by atoms with Crippen LogP contribution in [-0.2, 0) is 10.5 Å². The summed E-state index contributed by atoms with van der Waals surface area (Å²) in [5, 5.41) is 4.18. The highest BCUT2D eigenvalue weighted by Gasteiger charge is 2.08. The molecule has 2 N–H and O–H groups in total. The average molecular weight is 387 g/mol. The van der Waals surface area contributed by atoms with E-state index in [1.165, 1.54) is 11.8 Å². The van der Waals surface area contributed by atoms with Gasteiger partial charge in [-0.25, -0.2) is 0 Å². The largest absolute Gasteiger partial charge is 0.357 e. The van der Waals surface area contributed by atoms with Gasteiger partial charge in [0.2, 0.25) is 5.91 Å². The first kappa shape index (κ1) is 18.5. The second kappa shape index (κ2) is 7.98. The second-order valence-electron chi connectivity index (χ2n) is 6.16. The number of fused-ring (bicyclic) bond motifs is 1. The van der Waals surface area contributed by atoms with E-state index in [4.69, 9.17) is 11.6 Å². The van der Waals surface area contributed by atoms with Crippen molar-refractivity contribution in [2.45, 2.75) is 19.6 Å². The Morgan fingerprint density at radius 1 is 1.19 bits per heavy atom. The van der Waals surface area contributed by atoms with Gasteiger partial charge in [0.25, 0.3) is 0 Å². The third-order valence-corrected chi connectivity index (χ3v) is 5.46. The molecule has 0 aliphatic heterocycles. The molecule has 0 unspecified atom stereocenters. The summed E-state index contributed by atoms with van der Waals surface area (Å²) in [6.07, 6.45) is 0. The zero-order valence-corrected chi connectivity index (χ0v) is 16.1. The number of anilines is 1. The van der Waals surface area contributed by atoms with Gasteiger partial charge in [-0.1, -0.05) is 29.3 Å². The number of halogens is 1. The number of aromatic nitrogens is 1. The highest BCUT2D eigenvalue weighted by atomic mass is 35.5. The van der Waals surface area contributed by atoms with Crippen LogP contribution in [0.5, 0.6) is 0 Å². The maximum atomic E-state index is 12.2. The van der Waals surface area contributed by atoms with Gasteiger partial charge in [-0.15, -0.1) is 11.8 Å². The molecule has 0 radical (unpaired) electrons. The summed E-state index contributed by atoms with van der Waals surface area (Å²) in [7, 11) is 0. The van der Waals surface area contributed by atoms with Gasteiger partial charge < -0.3 is 10.3 Å². The van der Waals surface area contributed by atoms with Crippen molar-refractivity contribution in [1.82, 2.24) is 4.98 Å². The monoisotopic (exact) mass is 386 g/mol. The summed E-state index contributed by atoms with van der Waals surface area (Å²) in [6, 6.07) is 12.8. The molecule has 0 fully saturated rings. The van der Waals surface area contributed by atoms with Crippen molar-refractivity contribution in [3.8, 4) is 0 Å². The van der Waals surface area contributed by atoms with Crippen molar-refractivity contribution in [2.24, 2.45) is 0 Å². The Balaban J connectivity index is 1.62. The van der Waals surface area contributed by atoms with Crippen molar-refractivity contribution in [1.29, 1.82) is 0 Å². The number of pyridine rings is 1. The van der Waals surface area contributed by atoms with Crippen molar-refractivity contribution in [3.63, 3.8) is 0 Å². The van der Waals surface area contributed by atoms with Crippen LogP contribution in [0.25, 0.3) is 10.9 Å². The molecule has 134 valence electrons. The molecule has 3 rings (SSSR count). The molecule has 1 heterocycles. The standard InChI is InChI=1S/C20H19ClN2O2S/c1-12-6-7-18-15(8-12)19(24)9-14(22-18)10-26-11-20(25)23-17-5-3-4-16(21)13(17)2/h3-9H,10-11H2,1-2H3,(H,22,24)(H,23,25). The summed E-state index contributed by atoms with van der Waals surface area (Å²) in [5.41, 5.74) is 4.25. The van der Waals surface area contributed by atoms with Gasteiger partial charge in [0, 0.05) is 39.1 Å². The lowest BCUT2D eigenvalue weighted by molar-refractivity contribution is -0.113. The fourth-order valence-electron chi connectivity index (χ4n) is 2.68. The third kappa shape index (κ3) is 4.29. The number of thioether (sulfide) groups is 1. The number of rotatable bonds is 5. The van der Waals surface area contributed by atoms with Crippen molar-refractivity contribution >= 4 is 45.9 Å². The minimum Gasteiger partial charge on any atom is -0.357 e. The van der Waals surface area contributed by atoms with Gasteiger partial charge in [-0.05, 0) is 43.7 Å². The van der Waals surface area contributed by atoms with Crippen LogP contribution in [0, 0.1) is 13.8 Å². The number of hydrogen-bond donors (Lipinski definition) is 2. The number of aryl methyl sites for hydroxylation is 1. The number of hydrogen-bond acceptors (Lipinski definition) is 3. The van der Waals surface area contributed by atoms with Crippen LogP contribution < -0.4 is 10.7 Å². The van der Waals surface area contributed by atoms with E-state index in [-0.39, 0.29) is 11.3 Å². The molecule has 0 saturated carbocycles. The molecule has 6 heteroatoms. The van der Waals surface area contributed by atoms with E-state index in [1.807, 2.05) is 38.1 Å². The maximum absolute atomic E-state index is 12.2. The first-order valence-corrected chi connectivity index (χ1v) is 9.72. The predicted octanol–water partition coefficient (Wildman–Crippen LogP) is 4.67. The molecule has 0 atom stereocenters. The Kier molecular flexibility index (Phi) is 5.69. The Bertz CT molecular complexity index is 1030. The molecule has 0 aliphatic rings. The summed E-state index contributed by atoms with van der Waals surface area (Å²) >= 11 is 7.51. The molecule has 0 spiro atoms. The van der Waals surface area contributed by atoms with Crippen molar-refractivity contribution in [2.75, 3.05) is 11.1 Å². The van der Waals surface area contributed by atoms with Crippen LogP contribution in [0.1, 0.15) is 16.8 Å². The molecule has 3 aromatic rings. The highest BCUT2D eigenvalue weighted by molar-refractivity contribution is 7.99. The van der Waals surface area contributed by atoms with Crippen LogP contribution in [-0.4, -0.2) is 16.6 Å². The van der Waals surface area contributed by atoms with E-state index in [9.17, 15) is 9.59 Å². The molecule has 26 heavy (non-hydrogen) atoms. The lowest BCUT2D eigenvalue weighted by Crippen LogP contribution is -2.15. The number of H-pyrrole nitrogens is 1. The van der Waals surface area contributed by atoms with E-state index in [2.05, 4.69) is 10.3 Å². The van der Waals surface area contributed by atoms with Gasteiger partial charge in [0.1, 0.15) is 0 Å². The first-order chi connectivity index (χ1) is 12.4. The van der Waals surface area contributed by atoms with Crippen LogP contribution in [0.15, 0.2) is 47.3 Å². The normalized spacial score (nSPS) is 10.9. The lowest BCUT2D eigenvalue weighted by Gasteiger charge is -2.09. The van der Waals surface area contributed by atoms with Crippen LogP contribution in [0.4, 0.5) is 5.69 Å². The number of carbonyl (C=O) groups is 1. The topological polar surface area (TPSA) is 62.0 Å². The fraction of sp³-hybridized carbons (Fsp3) is 0.200. The van der Waals surface area contributed by atoms with E-state index in [0.29, 0.717) is 21.9 Å². The van der Waals surface area contributed by atoms with Crippen LogP contribution in [0.2, 0.25) is 5.02 Å². The van der Waals surface area contributed by atoms with Gasteiger partial charge in [-0.3, -0.25) is 9.59 Å². The van der Waals surface area contributed by atoms with E-state index >= 15 is 0 Å². The Labute approximate surface area is 161 Å². The second-order valence-corrected chi connectivity index (χ2v) is 7.55. The number of nitrogens with one attached hydrogen (secondary N) is 2. The minimum absolute atomic E-state index is 0.00273. The van der Waals surface area contributed by atoms with Crippen LogP contribution in [0.3, 0.4) is 0 Å². The highest BCUT2D eigenvalue weighted by Crippen LogP contribution is 2.23. The number of benzene rings is 2. The fourth-order valence-corrected chi connectivity index (χ4v) is 3.59. The van der Waals surface area contributed by atoms with Gasteiger partial charge in [-0.2, -0.15) is 0 Å².